The highest BCUT2D eigenvalue weighted by molar-refractivity contribution is 6.42. The number of rotatable bonds is 9. The lowest BCUT2D eigenvalue weighted by Gasteiger charge is -2.31. The summed E-state index contributed by atoms with van der Waals surface area (Å²) in [6, 6.07) is 12.1. The quantitative estimate of drug-likeness (QED) is 0.496. The van der Waals surface area contributed by atoms with Crippen LogP contribution in [-0.4, -0.2) is 28.8 Å². The van der Waals surface area contributed by atoms with Crippen molar-refractivity contribution in [2.75, 3.05) is 0 Å². The average Bonchev–Trinajstić information content (AvgIpc) is 2.69. The number of amides is 2. The van der Waals surface area contributed by atoms with Gasteiger partial charge in [0.05, 0.1) is 10.0 Å². The molecule has 0 aliphatic heterocycles. The molecule has 1 N–H and O–H groups in total. The van der Waals surface area contributed by atoms with Crippen LogP contribution in [0.15, 0.2) is 42.5 Å². The Balaban J connectivity index is 2.25. The maximum Gasteiger partial charge on any atom is 0.243 e. The lowest BCUT2D eigenvalue weighted by atomic mass is 10.1. The summed E-state index contributed by atoms with van der Waals surface area (Å²) < 4.78 is 0. The Hall–Kier alpha value is -1.75. The zero-order chi connectivity index (χ0) is 22.3. The van der Waals surface area contributed by atoms with Gasteiger partial charge in [0.15, 0.2) is 0 Å². The molecule has 0 saturated heterocycles. The van der Waals surface area contributed by atoms with Crippen LogP contribution in [0, 0.1) is 0 Å². The van der Waals surface area contributed by atoms with Crippen molar-refractivity contribution in [3.63, 3.8) is 0 Å². The molecule has 2 amide bonds. The van der Waals surface area contributed by atoms with E-state index in [0.717, 1.165) is 11.1 Å². The van der Waals surface area contributed by atoms with Crippen LogP contribution < -0.4 is 5.32 Å². The summed E-state index contributed by atoms with van der Waals surface area (Å²) in [5, 5.41) is 4.41. The largest absolute Gasteiger partial charge is 0.352 e. The van der Waals surface area contributed by atoms with Crippen LogP contribution in [0.5, 0.6) is 0 Å². The molecule has 0 heterocycles. The molecule has 2 aromatic carbocycles. The Bertz CT molecular complexity index is 887. The van der Waals surface area contributed by atoms with Crippen molar-refractivity contribution in [1.82, 2.24) is 10.2 Å². The number of carbonyl (C=O) groups excluding carboxylic acids is 2. The van der Waals surface area contributed by atoms with Gasteiger partial charge >= 0.3 is 0 Å². The van der Waals surface area contributed by atoms with Crippen molar-refractivity contribution in [2.45, 2.75) is 58.7 Å². The number of carbonyl (C=O) groups is 2. The molecule has 0 bridgehead atoms. The smallest absolute Gasteiger partial charge is 0.243 e. The van der Waals surface area contributed by atoms with Gasteiger partial charge in [-0.3, -0.25) is 9.59 Å². The molecule has 0 aromatic heterocycles. The summed E-state index contributed by atoms with van der Waals surface area (Å²) in [5.41, 5.74) is 1.72. The van der Waals surface area contributed by atoms with Gasteiger partial charge in [0, 0.05) is 24.0 Å². The second-order valence-electron chi connectivity index (χ2n) is 7.45. The van der Waals surface area contributed by atoms with Crippen molar-refractivity contribution in [1.29, 1.82) is 0 Å². The number of hydrogen-bond acceptors (Lipinski definition) is 2. The van der Waals surface area contributed by atoms with Crippen molar-refractivity contribution in [3.05, 3.63) is 68.7 Å². The normalized spacial score (nSPS) is 12.0. The van der Waals surface area contributed by atoms with Crippen molar-refractivity contribution in [3.8, 4) is 0 Å². The second kappa shape index (κ2) is 11.6. The van der Waals surface area contributed by atoms with Crippen LogP contribution in [0.25, 0.3) is 0 Å². The molecule has 1 unspecified atom stereocenters. The number of benzene rings is 2. The van der Waals surface area contributed by atoms with Crippen LogP contribution in [-0.2, 0) is 22.6 Å². The molecule has 2 rings (SSSR count). The molecule has 1 atom stereocenters. The van der Waals surface area contributed by atoms with E-state index in [1.54, 1.807) is 23.1 Å². The highest BCUT2D eigenvalue weighted by Crippen LogP contribution is 2.25. The van der Waals surface area contributed by atoms with Gasteiger partial charge in [-0.15, -0.1) is 0 Å². The first kappa shape index (κ1) is 24.5. The molecule has 7 heteroatoms. The fourth-order valence-corrected chi connectivity index (χ4v) is 3.77. The minimum atomic E-state index is -0.583. The Morgan fingerprint density at radius 2 is 1.70 bits per heavy atom. The monoisotopic (exact) mass is 468 g/mol. The van der Waals surface area contributed by atoms with Gasteiger partial charge in [-0.2, -0.15) is 0 Å². The van der Waals surface area contributed by atoms with Gasteiger partial charge in [0.1, 0.15) is 6.04 Å². The standard InChI is InChI=1S/C23H27Cl3N2O2/c1-4-21(23(30)27-15(2)3)28(14-16-9-11-19(25)20(26)13-16)22(29)12-10-17-7-5-6-8-18(17)24/h5-9,11,13,15,21H,4,10,12,14H2,1-3H3,(H,27,30). The first-order chi connectivity index (χ1) is 14.2. The van der Waals surface area contributed by atoms with Crippen LogP contribution in [0.1, 0.15) is 44.7 Å². The zero-order valence-corrected chi connectivity index (χ0v) is 19.7. The van der Waals surface area contributed by atoms with E-state index in [2.05, 4.69) is 5.32 Å². The molecule has 162 valence electrons. The molecule has 0 radical (unpaired) electrons. The van der Waals surface area contributed by atoms with E-state index in [1.165, 1.54) is 0 Å². The van der Waals surface area contributed by atoms with Gasteiger partial charge in [0.2, 0.25) is 11.8 Å². The SMILES string of the molecule is CCC(C(=O)NC(C)C)N(Cc1ccc(Cl)c(Cl)c1)C(=O)CCc1ccccc1Cl. The molecule has 30 heavy (non-hydrogen) atoms. The zero-order valence-electron chi connectivity index (χ0n) is 17.4. The summed E-state index contributed by atoms with van der Waals surface area (Å²) in [6.07, 6.45) is 1.24. The van der Waals surface area contributed by atoms with E-state index in [-0.39, 0.29) is 30.8 Å². The molecule has 0 fully saturated rings. The molecular formula is C23H27Cl3N2O2. The predicted octanol–water partition coefficient (Wildman–Crippen LogP) is 5.91. The van der Waals surface area contributed by atoms with Crippen LogP contribution >= 0.6 is 34.8 Å². The topological polar surface area (TPSA) is 49.4 Å². The van der Waals surface area contributed by atoms with E-state index in [4.69, 9.17) is 34.8 Å². The number of nitrogens with one attached hydrogen (secondary N) is 1. The lowest BCUT2D eigenvalue weighted by Crippen LogP contribution is -2.50. The van der Waals surface area contributed by atoms with Gasteiger partial charge < -0.3 is 10.2 Å². The molecule has 2 aromatic rings. The third-order valence-electron chi connectivity index (χ3n) is 4.72. The number of aryl methyl sites for hydroxylation is 1. The Morgan fingerprint density at radius 3 is 2.30 bits per heavy atom. The van der Waals surface area contributed by atoms with Crippen LogP contribution in [0.4, 0.5) is 0 Å². The van der Waals surface area contributed by atoms with Gasteiger partial charge in [-0.25, -0.2) is 0 Å². The van der Waals surface area contributed by atoms with Gasteiger partial charge in [0.25, 0.3) is 0 Å². The third-order valence-corrected chi connectivity index (χ3v) is 5.83. The van der Waals surface area contributed by atoms with Gasteiger partial charge in [-0.05, 0) is 56.0 Å². The first-order valence-electron chi connectivity index (χ1n) is 10.00. The maximum absolute atomic E-state index is 13.2. The van der Waals surface area contributed by atoms with E-state index in [0.29, 0.717) is 27.9 Å². The number of halogens is 3. The third kappa shape index (κ3) is 6.90. The highest BCUT2D eigenvalue weighted by Gasteiger charge is 2.29. The molecular weight excluding hydrogens is 443 g/mol. The minimum absolute atomic E-state index is 0.0170. The van der Waals surface area contributed by atoms with E-state index in [9.17, 15) is 9.59 Å². The summed E-state index contributed by atoms with van der Waals surface area (Å²) in [6.45, 7) is 5.95. The van der Waals surface area contributed by atoms with E-state index < -0.39 is 6.04 Å². The summed E-state index contributed by atoms with van der Waals surface area (Å²) >= 11 is 18.4. The summed E-state index contributed by atoms with van der Waals surface area (Å²) in [5.74, 6) is -0.287. The van der Waals surface area contributed by atoms with Crippen LogP contribution in [0.2, 0.25) is 15.1 Å². The number of hydrogen-bond donors (Lipinski definition) is 1. The van der Waals surface area contributed by atoms with Crippen molar-refractivity contribution >= 4 is 46.6 Å². The highest BCUT2D eigenvalue weighted by atomic mass is 35.5. The molecule has 0 saturated carbocycles. The van der Waals surface area contributed by atoms with E-state index >= 15 is 0 Å². The second-order valence-corrected chi connectivity index (χ2v) is 8.67. The summed E-state index contributed by atoms with van der Waals surface area (Å²) in [7, 11) is 0. The fraction of sp³-hybridized carbons (Fsp3) is 0.391. The number of nitrogens with zero attached hydrogens (tertiary/aromatic N) is 1. The van der Waals surface area contributed by atoms with E-state index in [1.807, 2.05) is 45.0 Å². The Labute approximate surface area is 193 Å². The Kier molecular flexibility index (Phi) is 9.47. The van der Waals surface area contributed by atoms with Crippen molar-refractivity contribution in [2.24, 2.45) is 0 Å². The van der Waals surface area contributed by atoms with Gasteiger partial charge in [-0.1, -0.05) is 66.0 Å². The molecule has 0 aliphatic rings. The first-order valence-corrected chi connectivity index (χ1v) is 11.1. The maximum atomic E-state index is 13.2. The average molecular weight is 470 g/mol. The lowest BCUT2D eigenvalue weighted by molar-refractivity contribution is -0.141. The molecule has 4 nitrogen and oxygen atoms in total. The molecule has 0 aliphatic carbocycles. The fourth-order valence-electron chi connectivity index (χ4n) is 3.22. The predicted molar refractivity (Wildman–Crippen MR) is 124 cm³/mol. The Morgan fingerprint density at radius 1 is 1.00 bits per heavy atom. The minimum Gasteiger partial charge on any atom is -0.352 e. The van der Waals surface area contributed by atoms with Crippen LogP contribution in [0.3, 0.4) is 0 Å². The van der Waals surface area contributed by atoms with Crippen molar-refractivity contribution < 1.29 is 9.59 Å². The summed E-state index contributed by atoms with van der Waals surface area (Å²) in [4.78, 5) is 27.6. The molecule has 0 spiro atoms.